The molecule has 1 saturated carbocycles. The molecule has 5 nitrogen and oxygen atoms in total. The Balaban J connectivity index is 1.99. The highest BCUT2D eigenvalue weighted by Crippen LogP contribution is 2.18. The maximum atomic E-state index is 11.7. The fraction of sp³-hybridized carbons (Fsp3) is 1.00. The fourth-order valence-corrected chi connectivity index (χ4v) is 2.76. The van der Waals surface area contributed by atoms with Crippen LogP contribution in [0.4, 0.5) is 0 Å². The minimum absolute atomic E-state index is 0.245. The van der Waals surface area contributed by atoms with Crippen LogP contribution in [0, 0.1) is 0 Å². The maximum absolute atomic E-state index is 11.7. The molecule has 18 heavy (non-hydrogen) atoms. The van der Waals surface area contributed by atoms with Crippen LogP contribution < -0.4 is 10.0 Å². The Morgan fingerprint density at radius 3 is 2.56 bits per heavy atom. The van der Waals surface area contributed by atoms with E-state index in [1.54, 1.807) is 0 Å². The minimum atomic E-state index is -3.07. The lowest BCUT2D eigenvalue weighted by molar-refractivity contribution is 0.358. The number of nitrogens with zero attached hydrogens (tertiary/aromatic N) is 1. The molecule has 0 unspecified atom stereocenters. The Morgan fingerprint density at radius 1 is 1.22 bits per heavy atom. The Morgan fingerprint density at radius 2 is 1.94 bits per heavy atom. The standard InChI is InChI=1S/C12H27N3O2S/c1-3-15(2)10-9-14-18(16,17)11-5-4-8-13-12-6-7-12/h12-14H,3-11H2,1-2H3. The van der Waals surface area contributed by atoms with Crippen molar-refractivity contribution in [3.8, 4) is 0 Å². The van der Waals surface area contributed by atoms with Gasteiger partial charge in [0.15, 0.2) is 0 Å². The largest absolute Gasteiger partial charge is 0.314 e. The van der Waals surface area contributed by atoms with Gasteiger partial charge in [-0.25, -0.2) is 13.1 Å². The molecule has 1 aliphatic carbocycles. The highest BCUT2D eigenvalue weighted by atomic mass is 32.2. The summed E-state index contributed by atoms with van der Waals surface area (Å²) in [7, 11) is -1.09. The molecule has 0 saturated heterocycles. The van der Waals surface area contributed by atoms with E-state index >= 15 is 0 Å². The fourth-order valence-electron chi connectivity index (χ4n) is 1.63. The van der Waals surface area contributed by atoms with Crippen LogP contribution in [0.3, 0.4) is 0 Å². The summed E-state index contributed by atoms with van der Waals surface area (Å²) in [6.07, 6.45) is 4.24. The molecule has 0 radical (unpaired) electrons. The number of rotatable bonds is 11. The van der Waals surface area contributed by atoms with Gasteiger partial charge in [-0.2, -0.15) is 0 Å². The average molecular weight is 277 g/mol. The normalized spacial score (nSPS) is 16.4. The third kappa shape index (κ3) is 8.02. The van der Waals surface area contributed by atoms with Crippen molar-refractivity contribution in [1.29, 1.82) is 0 Å². The summed E-state index contributed by atoms with van der Waals surface area (Å²) >= 11 is 0. The van der Waals surface area contributed by atoms with Crippen LogP contribution in [0.5, 0.6) is 0 Å². The molecule has 0 aromatic rings. The van der Waals surface area contributed by atoms with Crippen molar-refractivity contribution in [1.82, 2.24) is 14.9 Å². The van der Waals surface area contributed by atoms with E-state index in [2.05, 4.69) is 21.9 Å². The molecule has 1 rings (SSSR count). The van der Waals surface area contributed by atoms with Gasteiger partial charge in [0.05, 0.1) is 5.75 Å². The highest BCUT2D eigenvalue weighted by molar-refractivity contribution is 7.89. The number of hydrogen-bond donors (Lipinski definition) is 2. The van der Waals surface area contributed by atoms with E-state index < -0.39 is 10.0 Å². The van der Waals surface area contributed by atoms with Crippen molar-refractivity contribution in [3.63, 3.8) is 0 Å². The Labute approximate surface area is 111 Å². The molecule has 0 amide bonds. The molecular weight excluding hydrogens is 250 g/mol. The Hall–Kier alpha value is -0.170. The van der Waals surface area contributed by atoms with Crippen molar-refractivity contribution in [2.45, 2.75) is 38.6 Å². The molecule has 0 atom stereocenters. The lowest BCUT2D eigenvalue weighted by atomic mass is 10.3. The summed E-state index contributed by atoms with van der Waals surface area (Å²) in [5.74, 6) is 0.245. The van der Waals surface area contributed by atoms with E-state index in [0.717, 1.165) is 32.5 Å². The number of sulfonamides is 1. The second-order valence-electron chi connectivity index (χ2n) is 5.04. The van der Waals surface area contributed by atoms with Gasteiger partial charge in [0.25, 0.3) is 0 Å². The van der Waals surface area contributed by atoms with Crippen LogP contribution in [0.2, 0.25) is 0 Å². The summed E-state index contributed by atoms with van der Waals surface area (Å²) < 4.78 is 26.0. The first-order valence-corrected chi connectivity index (χ1v) is 8.58. The summed E-state index contributed by atoms with van der Waals surface area (Å²) in [5, 5.41) is 3.39. The van der Waals surface area contributed by atoms with Gasteiger partial charge >= 0.3 is 0 Å². The molecule has 108 valence electrons. The number of unbranched alkanes of at least 4 members (excludes halogenated alkanes) is 1. The molecule has 0 spiro atoms. The van der Waals surface area contributed by atoms with Gasteiger partial charge in [0.2, 0.25) is 10.0 Å². The summed E-state index contributed by atoms with van der Waals surface area (Å²) in [4.78, 5) is 2.09. The van der Waals surface area contributed by atoms with Crippen LogP contribution in [0.1, 0.15) is 32.6 Å². The van der Waals surface area contributed by atoms with E-state index in [1.807, 2.05) is 7.05 Å². The first-order valence-electron chi connectivity index (χ1n) is 6.93. The zero-order valence-corrected chi connectivity index (χ0v) is 12.4. The average Bonchev–Trinajstić information content (AvgIpc) is 3.12. The second-order valence-corrected chi connectivity index (χ2v) is 6.97. The monoisotopic (exact) mass is 277 g/mol. The Kier molecular flexibility index (Phi) is 7.14. The molecule has 6 heteroatoms. The first-order chi connectivity index (χ1) is 8.53. The third-order valence-corrected chi connectivity index (χ3v) is 4.68. The van der Waals surface area contributed by atoms with Crippen molar-refractivity contribution in [2.75, 3.05) is 39.0 Å². The third-order valence-electron chi connectivity index (χ3n) is 3.21. The van der Waals surface area contributed by atoms with Gasteiger partial charge < -0.3 is 10.2 Å². The molecule has 1 aliphatic rings. The minimum Gasteiger partial charge on any atom is -0.314 e. The number of likely N-dealkylation sites (N-methyl/N-ethyl adjacent to an activating group) is 1. The van der Waals surface area contributed by atoms with Gasteiger partial charge in [0.1, 0.15) is 0 Å². The van der Waals surface area contributed by atoms with Gasteiger partial charge in [0, 0.05) is 19.1 Å². The van der Waals surface area contributed by atoms with Gasteiger partial charge in [-0.15, -0.1) is 0 Å². The molecule has 1 fully saturated rings. The van der Waals surface area contributed by atoms with Crippen LogP contribution in [0.15, 0.2) is 0 Å². The lowest BCUT2D eigenvalue weighted by Crippen LogP contribution is -2.34. The first kappa shape index (κ1) is 15.9. The molecule has 0 aromatic carbocycles. The molecular formula is C12H27N3O2S. The molecule has 2 N–H and O–H groups in total. The van der Waals surface area contributed by atoms with Gasteiger partial charge in [-0.3, -0.25) is 0 Å². The molecule has 0 aliphatic heterocycles. The summed E-state index contributed by atoms with van der Waals surface area (Å²) in [6.45, 7) is 5.21. The van der Waals surface area contributed by atoms with E-state index in [9.17, 15) is 8.42 Å². The van der Waals surface area contributed by atoms with E-state index in [1.165, 1.54) is 12.8 Å². The highest BCUT2D eigenvalue weighted by Gasteiger charge is 2.19. The van der Waals surface area contributed by atoms with Gasteiger partial charge in [-0.05, 0) is 45.8 Å². The van der Waals surface area contributed by atoms with Gasteiger partial charge in [-0.1, -0.05) is 6.92 Å². The van der Waals surface area contributed by atoms with E-state index in [-0.39, 0.29) is 5.75 Å². The maximum Gasteiger partial charge on any atom is 0.211 e. The van der Waals surface area contributed by atoms with Crippen molar-refractivity contribution >= 4 is 10.0 Å². The summed E-state index contributed by atoms with van der Waals surface area (Å²) in [5.41, 5.74) is 0. The molecule has 0 heterocycles. The van der Waals surface area contributed by atoms with Crippen molar-refractivity contribution in [2.24, 2.45) is 0 Å². The predicted molar refractivity (Wildman–Crippen MR) is 75.2 cm³/mol. The Bertz CT molecular complexity index is 315. The number of nitrogens with one attached hydrogen (secondary N) is 2. The smallest absolute Gasteiger partial charge is 0.211 e. The predicted octanol–water partition coefficient (Wildman–Crippen LogP) is 0.390. The SMILES string of the molecule is CCN(C)CCNS(=O)(=O)CCCCNC1CC1. The van der Waals surface area contributed by atoms with Crippen LogP contribution in [-0.4, -0.2) is 58.3 Å². The quantitative estimate of drug-likeness (QED) is 0.536. The molecule has 0 bridgehead atoms. The zero-order chi connectivity index (χ0) is 13.4. The van der Waals surface area contributed by atoms with Crippen LogP contribution in [0.25, 0.3) is 0 Å². The van der Waals surface area contributed by atoms with E-state index in [0.29, 0.717) is 12.6 Å². The van der Waals surface area contributed by atoms with Crippen LogP contribution >= 0.6 is 0 Å². The topological polar surface area (TPSA) is 61.4 Å². The molecule has 0 aromatic heterocycles. The second kappa shape index (κ2) is 8.09. The summed E-state index contributed by atoms with van der Waals surface area (Å²) in [6, 6.07) is 0.712. The van der Waals surface area contributed by atoms with Crippen molar-refractivity contribution in [3.05, 3.63) is 0 Å². The van der Waals surface area contributed by atoms with Crippen LogP contribution in [-0.2, 0) is 10.0 Å². The van der Waals surface area contributed by atoms with Crippen molar-refractivity contribution < 1.29 is 8.42 Å². The zero-order valence-electron chi connectivity index (χ0n) is 11.6. The number of hydrogen-bond acceptors (Lipinski definition) is 4. The lowest BCUT2D eigenvalue weighted by Gasteiger charge is -2.14. The van der Waals surface area contributed by atoms with E-state index in [4.69, 9.17) is 0 Å².